The molecule has 0 unspecified atom stereocenters. The molecule has 3 aliphatic rings. The molecule has 4 rings (SSSR count). The maximum Gasteiger partial charge on any atom is 0.314 e. The van der Waals surface area contributed by atoms with Gasteiger partial charge in [0.25, 0.3) is 5.91 Å². The van der Waals surface area contributed by atoms with E-state index in [1.54, 1.807) is 6.08 Å². The van der Waals surface area contributed by atoms with Gasteiger partial charge >= 0.3 is 5.97 Å². The summed E-state index contributed by atoms with van der Waals surface area (Å²) in [5.41, 5.74) is -0.935. The van der Waals surface area contributed by atoms with Crippen LogP contribution < -0.4 is 0 Å². The number of aliphatic carboxylic acids is 1. The molecule has 0 bridgehead atoms. The first kappa shape index (κ1) is 16.7. The highest BCUT2D eigenvalue weighted by Gasteiger charge is 2.62. The first-order chi connectivity index (χ1) is 12.5. The van der Waals surface area contributed by atoms with Crippen molar-refractivity contribution in [3.8, 4) is 0 Å². The summed E-state index contributed by atoms with van der Waals surface area (Å²) in [5.74, 6) is -1.19. The largest absolute Gasteiger partial charge is 0.481 e. The molecule has 8 heteroatoms. The molecule has 2 aliphatic heterocycles. The highest BCUT2D eigenvalue weighted by molar-refractivity contribution is 5.98. The van der Waals surface area contributed by atoms with Crippen LogP contribution in [0.4, 0.5) is 0 Å². The van der Waals surface area contributed by atoms with Crippen molar-refractivity contribution in [2.24, 2.45) is 11.3 Å². The minimum atomic E-state index is -1.26. The first-order valence-corrected chi connectivity index (χ1v) is 8.70. The standard InChI is InChI=1S/C18H20N4O4/c1-2-5-21-9-18(17(25)26)10-22(8-13(18)16(21)24)15(23)12-6-19-14(20-7-12)11-3-4-11/h2,6-7,11,13H,1,3-5,8-10H2,(H,25,26)/t13-,18+/m0/s1. The summed E-state index contributed by atoms with van der Waals surface area (Å²) in [4.78, 5) is 48.7. The van der Waals surface area contributed by atoms with Crippen molar-refractivity contribution in [3.63, 3.8) is 0 Å². The summed E-state index contributed by atoms with van der Waals surface area (Å²) >= 11 is 0. The van der Waals surface area contributed by atoms with Crippen molar-refractivity contribution in [1.82, 2.24) is 19.8 Å². The Kier molecular flexibility index (Phi) is 3.78. The average molecular weight is 356 g/mol. The number of nitrogens with zero attached hydrogens (tertiary/aromatic N) is 4. The zero-order chi connectivity index (χ0) is 18.5. The molecule has 1 N–H and O–H groups in total. The van der Waals surface area contributed by atoms with E-state index >= 15 is 0 Å². The Morgan fingerprint density at radius 1 is 1.31 bits per heavy atom. The van der Waals surface area contributed by atoms with Crippen molar-refractivity contribution < 1.29 is 19.5 Å². The molecule has 8 nitrogen and oxygen atoms in total. The lowest BCUT2D eigenvalue weighted by Crippen LogP contribution is -2.42. The number of likely N-dealkylation sites (tertiary alicyclic amines) is 2. The molecule has 0 spiro atoms. The van der Waals surface area contributed by atoms with Crippen LogP contribution in [-0.2, 0) is 9.59 Å². The number of hydrogen-bond donors (Lipinski definition) is 1. The minimum Gasteiger partial charge on any atom is -0.481 e. The number of amides is 2. The van der Waals surface area contributed by atoms with Gasteiger partial charge in [-0.2, -0.15) is 0 Å². The third kappa shape index (κ3) is 2.48. The van der Waals surface area contributed by atoms with Crippen LogP contribution in [0.15, 0.2) is 25.0 Å². The Bertz CT molecular complexity index is 789. The van der Waals surface area contributed by atoms with E-state index in [4.69, 9.17) is 0 Å². The van der Waals surface area contributed by atoms with Crippen LogP contribution in [0, 0.1) is 11.3 Å². The van der Waals surface area contributed by atoms with Crippen LogP contribution in [0.5, 0.6) is 0 Å². The number of carboxylic acid groups (broad SMARTS) is 1. The normalized spacial score (nSPS) is 27.5. The first-order valence-electron chi connectivity index (χ1n) is 8.70. The van der Waals surface area contributed by atoms with E-state index in [-0.39, 0.29) is 31.4 Å². The van der Waals surface area contributed by atoms with E-state index in [1.807, 2.05) is 0 Å². The van der Waals surface area contributed by atoms with Crippen molar-refractivity contribution in [2.75, 3.05) is 26.2 Å². The summed E-state index contributed by atoms with van der Waals surface area (Å²) < 4.78 is 0. The third-order valence-electron chi connectivity index (χ3n) is 5.55. The van der Waals surface area contributed by atoms with Gasteiger partial charge in [0.2, 0.25) is 5.91 Å². The van der Waals surface area contributed by atoms with E-state index in [9.17, 15) is 19.5 Å². The van der Waals surface area contributed by atoms with E-state index < -0.39 is 17.3 Å². The van der Waals surface area contributed by atoms with Crippen molar-refractivity contribution >= 4 is 17.8 Å². The van der Waals surface area contributed by atoms with Gasteiger partial charge in [-0.05, 0) is 12.8 Å². The van der Waals surface area contributed by atoms with E-state index in [0.717, 1.165) is 18.7 Å². The molecule has 136 valence electrons. The van der Waals surface area contributed by atoms with Crippen LogP contribution in [0.3, 0.4) is 0 Å². The molecule has 2 saturated heterocycles. The monoisotopic (exact) mass is 356 g/mol. The van der Waals surface area contributed by atoms with Gasteiger partial charge in [0.05, 0.1) is 11.5 Å². The average Bonchev–Trinajstić information content (AvgIpc) is 3.35. The number of hydrogen-bond acceptors (Lipinski definition) is 5. The Balaban J connectivity index is 1.54. The second-order valence-corrected chi connectivity index (χ2v) is 7.31. The predicted octanol–water partition coefficient (Wildman–Crippen LogP) is 0.525. The van der Waals surface area contributed by atoms with Crippen LogP contribution in [0.25, 0.3) is 0 Å². The van der Waals surface area contributed by atoms with Crippen LogP contribution >= 0.6 is 0 Å². The number of carbonyl (C=O) groups is 3. The van der Waals surface area contributed by atoms with Crippen LogP contribution in [0.2, 0.25) is 0 Å². The maximum atomic E-state index is 12.8. The lowest BCUT2D eigenvalue weighted by atomic mass is 9.81. The Morgan fingerprint density at radius 2 is 2.00 bits per heavy atom. The quantitative estimate of drug-likeness (QED) is 0.772. The summed E-state index contributed by atoms with van der Waals surface area (Å²) in [6, 6.07) is 0. The SMILES string of the molecule is C=CCN1C[C@@]2(C(=O)O)CN(C(=O)c3cnc(C4CC4)nc3)C[C@H]2C1=O. The summed E-state index contributed by atoms with van der Waals surface area (Å²) in [6.45, 7) is 4.13. The second kappa shape index (κ2) is 5.89. The number of carboxylic acids is 1. The van der Waals surface area contributed by atoms with Crippen molar-refractivity contribution in [3.05, 3.63) is 36.4 Å². The number of fused-ring (bicyclic) bond motifs is 1. The fourth-order valence-electron chi connectivity index (χ4n) is 3.96. The molecule has 3 heterocycles. The molecule has 26 heavy (non-hydrogen) atoms. The molecule has 2 amide bonds. The number of carbonyl (C=O) groups excluding carboxylic acids is 2. The van der Waals surface area contributed by atoms with E-state index in [2.05, 4.69) is 16.5 Å². The van der Waals surface area contributed by atoms with Crippen molar-refractivity contribution in [1.29, 1.82) is 0 Å². The molecular formula is C18H20N4O4. The van der Waals surface area contributed by atoms with Gasteiger partial charge in [-0.3, -0.25) is 14.4 Å². The number of rotatable bonds is 5. The fourth-order valence-corrected chi connectivity index (χ4v) is 3.96. The third-order valence-corrected chi connectivity index (χ3v) is 5.55. The summed E-state index contributed by atoms with van der Waals surface area (Å²) in [7, 11) is 0. The van der Waals surface area contributed by atoms with Crippen LogP contribution in [-0.4, -0.2) is 68.8 Å². The van der Waals surface area contributed by atoms with Gasteiger partial charge in [-0.15, -0.1) is 6.58 Å². The smallest absolute Gasteiger partial charge is 0.314 e. The molecule has 0 aromatic carbocycles. The minimum absolute atomic E-state index is 0.00952. The van der Waals surface area contributed by atoms with Gasteiger partial charge in [0.15, 0.2) is 0 Å². The maximum absolute atomic E-state index is 12.8. The molecule has 3 fully saturated rings. The zero-order valence-electron chi connectivity index (χ0n) is 14.3. The summed E-state index contributed by atoms with van der Waals surface area (Å²) in [5, 5.41) is 9.79. The highest BCUT2D eigenvalue weighted by atomic mass is 16.4. The van der Waals surface area contributed by atoms with Gasteiger partial charge in [0.1, 0.15) is 11.2 Å². The topological polar surface area (TPSA) is 104 Å². The fraction of sp³-hybridized carbons (Fsp3) is 0.500. The molecule has 1 aromatic heterocycles. The highest BCUT2D eigenvalue weighted by Crippen LogP contribution is 2.44. The van der Waals surface area contributed by atoms with Crippen molar-refractivity contribution in [2.45, 2.75) is 18.8 Å². The molecule has 0 radical (unpaired) electrons. The number of aromatic nitrogens is 2. The Labute approximate surface area is 150 Å². The lowest BCUT2D eigenvalue weighted by molar-refractivity contribution is -0.149. The van der Waals surface area contributed by atoms with Gasteiger partial charge in [-0.1, -0.05) is 6.08 Å². The predicted molar refractivity (Wildman–Crippen MR) is 90.2 cm³/mol. The molecule has 2 atom stereocenters. The lowest BCUT2D eigenvalue weighted by Gasteiger charge is -2.24. The molecule has 1 saturated carbocycles. The van der Waals surface area contributed by atoms with Crippen LogP contribution in [0.1, 0.15) is 34.9 Å². The molecule has 1 aromatic rings. The van der Waals surface area contributed by atoms with Gasteiger partial charge < -0.3 is 14.9 Å². The van der Waals surface area contributed by atoms with E-state index in [0.29, 0.717) is 18.0 Å². The van der Waals surface area contributed by atoms with E-state index in [1.165, 1.54) is 22.2 Å². The summed E-state index contributed by atoms with van der Waals surface area (Å²) in [6.07, 6.45) is 6.72. The Morgan fingerprint density at radius 3 is 2.54 bits per heavy atom. The zero-order valence-corrected chi connectivity index (χ0v) is 14.3. The molecule has 1 aliphatic carbocycles. The molecular weight excluding hydrogens is 336 g/mol. The van der Waals surface area contributed by atoms with Gasteiger partial charge in [0, 0.05) is 44.5 Å². The van der Waals surface area contributed by atoms with Gasteiger partial charge in [-0.25, -0.2) is 9.97 Å². The Hall–Kier alpha value is -2.77. The second-order valence-electron chi connectivity index (χ2n) is 7.31.